The summed E-state index contributed by atoms with van der Waals surface area (Å²) in [6, 6.07) is 4.51. The fraction of sp³-hybridized carbons (Fsp3) is 0.667. The van der Waals surface area contributed by atoms with Crippen LogP contribution in [0.4, 0.5) is 0 Å². The first-order chi connectivity index (χ1) is 7.26. The van der Waals surface area contributed by atoms with Crippen LogP contribution in [0.15, 0.2) is 16.5 Å². The van der Waals surface area contributed by atoms with Gasteiger partial charge in [-0.2, -0.15) is 0 Å². The highest BCUT2D eigenvalue weighted by Crippen LogP contribution is 2.09. The zero-order valence-corrected chi connectivity index (χ0v) is 9.88. The molecule has 0 spiro atoms. The van der Waals surface area contributed by atoms with Gasteiger partial charge in [-0.3, -0.25) is 0 Å². The number of furan rings is 1. The molecule has 0 amide bonds. The van der Waals surface area contributed by atoms with Crippen molar-refractivity contribution < 1.29 is 9.15 Å². The van der Waals surface area contributed by atoms with Crippen molar-refractivity contribution in [2.45, 2.75) is 45.9 Å². The standard InChI is InChI=1S/C12H21NO2/c1-4-5-10(2)13-8-11-6-7-12(15-11)9-14-3/h6-7,10,13H,4-5,8-9H2,1-3H3. The lowest BCUT2D eigenvalue weighted by Crippen LogP contribution is -2.24. The van der Waals surface area contributed by atoms with Crippen molar-refractivity contribution in [1.82, 2.24) is 5.32 Å². The van der Waals surface area contributed by atoms with Gasteiger partial charge in [0, 0.05) is 13.2 Å². The van der Waals surface area contributed by atoms with Gasteiger partial charge in [0.1, 0.15) is 18.1 Å². The van der Waals surface area contributed by atoms with E-state index in [4.69, 9.17) is 9.15 Å². The fourth-order valence-electron chi connectivity index (χ4n) is 1.55. The molecule has 1 N–H and O–H groups in total. The Morgan fingerprint density at radius 2 is 2.13 bits per heavy atom. The minimum absolute atomic E-state index is 0.546. The summed E-state index contributed by atoms with van der Waals surface area (Å²) < 4.78 is 10.6. The normalized spacial score (nSPS) is 13.0. The molecular weight excluding hydrogens is 190 g/mol. The lowest BCUT2D eigenvalue weighted by atomic mass is 10.2. The van der Waals surface area contributed by atoms with E-state index in [-0.39, 0.29) is 0 Å². The molecule has 0 aliphatic carbocycles. The molecule has 0 fully saturated rings. The second kappa shape index (κ2) is 6.64. The van der Waals surface area contributed by atoms with Crippen molar-refractivity contribution in [1.29, 1.82) is 0 Å². The van der Waals surface area contributed by atoms with Crippen molar-refractivity contribution >= 4 is 0 Å². The lowest BCUT2D eigenvalue weighted by molar-refractivity contribution is 0.162. The van der Waals surface area contributed by atoms with Crippen LogP contribution in [0, 0.1) is 0 Å². The number of rotatable bonds is 7. The highest BCUT2D eigenvalue weighted by molar-refractivity contribution is 5.06. The molecule has 3 nitrogen and oxygen atoms in total. The molecule has 0 aromatic carbocycles. The smallest absolute Gasteiger partial charge is 0.129 e. The van der Waals surface area contributed by atoms with Crippen LogP contribution in [0.25, 0.3) is 0 Å². The largest absolute Gasteiger partial charge is 0.462 e. The molecule has 1 rings (SSSR count). The summed E-state index contributed by atoms with van der Waals surface area (Å²) in [4.78, 5) is 0. The van der Waals surface area contributed by atoms with Crippen molar-refractivity contribution in [2.24, 2.45) is 0 Å². The maximum Gasteiger partial charge on any atom is 0.129 e. The Hall–Kier alpha value is -0.800. The van der Waals surface area contributed by atoms with Crippen molar-refractivity contribution in [3.63, 3.8) is 0 Å². The minimum Gasteiger partial charge on any atom is -0.462 e. The summed E-state index contributed by atoms with van der Waals surface area (Å²) in [5.41, 5.74) is 0. The molecule has 1 atom stereocenters. The Kier molecular flexibility index (Phi) is 5.43. The van der Waals surface area contributed by atoms with Gasteiger partial charge in [-0.05, 0) is 25.5 Å². The Morgan fingerprint density at radius 3 is 2.80 bits per heavy atom. The second-order valence-corrected chi connectivity index (χ2v) is 3.87. The van der Waals surface area contributed by atoms with Crippen LogP contribution >= 0.6 is 0 Å². The first-order valence-corrected chi connectivity index (χ1v) is 5.56. The molecule has 0 bridgehead atoms. The van der Waals surface area contributed by atoms with Gasteiger partial charge in [0.05, 0.1) is 6.54 Å². The van der Waals surface area contributed by atoms with Crippen LogP contribution in [0.1, 0.15) is 38.2 Å². The summed E-state index contributed by atoms with van der Waals surface area (Å²) in [5.74, 6) is 1.86. The number of hydrogen-bond acceptors (Lipinski definition) is 3. The zero-order chi connectivity index (χ0) is 11.1. The van der Waals surface area contributed by atoms with Gasteiger partial charge in [-0.15, -0.1) is 0 Å². The molecule has 15 heavy (non-hydrogen) atoms. The summed E-state index contributed by atoms with van der Waals surface area (Å²) in [7, 11) is 1.67. The maximum absolute atomic E-state index is 5.57. The SMILES string of the molecule is CCCC(C)NCc1ccc(COC)o1. The number of hydrogen-bond donors (Lipinski definition) is 1. The Bertz CT molecular complexity index is 270. The zero-order valence-electron chi connectivity index (χ0n) is 9.88. The van der Waals surface area contributed by atoms with E-state index < -0.39 is 0 Å². The van der Waals surface area contributed by atoms with Crippen molar-refractivity contribution in [3.8, 4) is 0 Å². The highest BCUT2D eigenvalue weighted by Gasteiger charge is 2.03. The van der Waals surface area contributed by atoms with Crippen molar-refractivity contribution in [3.05, 3.63) is 23.7 Å². The van der Waals surface area contributed by atoms with Crippen LogP contribution in [0.2, 0.25) is 0 Å². The van der Waals surface area contributed by atoms with Crippen LogP contribution < -0.4 is 5.32 Å². The van der Waals surface area contributed by atoms with E-state index in [9.17, 15) is 0 Å². The maximum atomic E-state index is 5.57. The molecule has 1 heterocycles. The summed E-state index contributed by atoms with van der Waals surface area (Å²) in [6.45, 7) is 5.74. The Balaban J connectivity index is 2.30. The molecule has 1 aromatic heterocycles. The van der Waals surface area contributed by atoms with E-state index in [1.54, 1.807) is 7.11 Å². The molecule has 1 aromatic rings. The third-order valence-electron chi connectivity index (χ3n) is 2.35. The van der Waals surface area contributed by atoms with Crippen LogP contribution in [-0.4, -0.2) is 13.2 Å². The Labute approximate surface area is 91.8 Å². The number of ether oxygens (including phenoxy) is 1. The van der Waals surface area contributed by atoms with Gasteiger partial charge in [0.2, 0.25) is 0 Å². The average Bonchev–Trinajstić information content (AvgIpc) is 2.64. The number of nitrogens with one attached hydrogen (secondary N) is 1. The van der Waals surface area contributed by atoms with E-state index in [0.717, 1.165) is 18.1 Å². The predicted molar refractivity (Wildman–Crippen MR) is 60.6 cm³/mol. The molecule has 0 aliphatic rings. The van der Waals surface area contributed by atoms with E-state index in [1.807, 2.05) is 12.1 Å². The molecule has 0 aliphatic heterocycles. The lowest BCUT2D eigenvalue weighted by Gasteiger charge is -2.10. The van der Waals surface area contributed by atoms with Gasteiger partial charge in [-0.25, -0.2) is 0 Å². The quantitative estimate of drug-likeness (QED) is 0.753. The molecule has 1 unspecified atom stereocenters. The van der Waals surface area contributed by atoms with Gasteiger partial charge in [0.25, 0.3) is 0 Å². The molecular formula is C12H21NO2. The predicted octanol–water partition coefficient (Wildman–Crippen LogP) is 2.70. The molecule has 0 saturated heterocycles. The van der Waals surface area contributed by atoms with Gasteiger partial charge < -0.3 is 14.5 Å². The molecule has 3 heteroatoms. The van der Waals surface area contributed by atoms with Crippen molar-refractivity contribution in [2.75, 3.05) is 7.11 Å². The molecule has 0 radical (unpaired) electrons. The average molecular weight is 211 g/mol. The third kappa shape index (κ3) is 4.49. The van der Waals surface area contributed by atoms with Gasteiger partial charge >= 0.3 is 0 Å². The van der Waals surface area contributed by atoms with Crippen LogP contribution in [0.5, 0.6) is 0 Å². The first kappa shape index (κ1) is 12.3. The van der Waals surface area contributed by atoms with Gasteiger partial charge in [-0.1, -0.05) is 13.3 Å². The monoisotopic (exact) mass is 211 g/mol. The van der Waals surface area contributed by atoms with Crippen LogP contribution in [-0.2, 0) is 17.9 Å². The van der Waals surface area contributed by atoms with E-state index in [2.05, 4.69) is 19.2 Å². The van der Waals surface area contributed by atoms with E-state index in [1.165, 1.54) is 12.8 Å². The molecule has 0 saturated carbocycles. The second-order valence-electron chi connectivity index (χ2n) is 3.87. The highest BCUT2D eigenvalue weighted by atomic mass is 16.5. The van der Waals surface area contributed by atoms with Gasteiger partial charge in [0.15, 0.2) is 0 Å². The fourth-order valence-corrected chi connectivity index (χ4v) is 1.55. The minimum atomic E-state index is 0.546. The first-order valence-electron chi connectivity index (χ1n) is 5.56. The Morgan fingerprint density at radius 1 is 1.40 bits per heavy atom. The topological polar surface area (TPSA) is 34.4 Å². The van der Waals surface area contributed by atoms with E-state index >= 15 is 0 Å². The third-order valence-corrected chi connectivity index (χ3v) is 2.35. The van der Waals surface area contributed by atoms with Crippen LogP contribution in [0.3, 0.4) is 0 Å². The summed E-state index contributed by atoms with van der Waals surface area (Å²) >= 11 is 0. The van der Waals surface area contributed by atoms with E-state index in [0.29, 0.717) is 12.6 Å². The molecule has 86 valence electrons. The number of methoxy groups -OCH3 is 1. The summed E-state index contributed by atoms with van der Waals surface area (Å²) in [5, 5.41) is 3.42. The summed E-state index contributed by atoms with van der Waals surface area (Å²) in [6.07, 6.45) is 2.41.